The first-order chi connectivity index (χ1) is 11.1. The normalized spacial score (nSPS) is 14.3. The van der Waals surface area contributed by atoms with Gasteiger partial charge in [0.05, 0.1) is 13.1 Å². The Labute approximate surface area is 167 Å². The van der Waals surface area contributed by atoms with E-state index in [-0.39, 0.29) is 42.2 Å². The van der Waals surface area contributed by atoms with Gasteiger partial charge in [-0.15, -0.1) is 24.0 Å². The van der Waals surface area contributed by atoms with E-state index in [1.165, 1.54) is 12.1 Å². The fraction of sp³-hybridized carbons (Fsp3) is 0.500. The average molecular weight is 513 g/mol. The molecule has 1 fully saturated rings. The number of carbonyl (C=O) groups excluding carboxylic acids is 1. The van der Waals surface area contributed by atoms with Gasteiger partial charge < -0.3 is 15.5 Å². The van der Waals surface area contributed by atoms with Crippen molar-refractivity contribution in [2.75, 3.05) is 26.2 Å². The van der Waals surface area contributed by atoms with Crippen LogP contribution in [0, 0.1) is 5.82 Å². The summed E-state index contributed by atoms with van der Waals surface area (Å²) in [6.45, 7) is 4.86. The molecule has 1 aliphatic heterocycles. The first-order valence-corrected chi connectivity index (χ1v) is 8.63. The zero-order chi connectivity index (χ0) is 16.7. The minimum Gasteiger partial charge on any atom is -0.357 e. The third-order valence-electron chi connectivity index (χ3n) is 3.63. The van der Waals surface area contributed by atoms with Gasteiger partial charge in [-0.3, -0.25) is 4.79 Å². The number of nitrogens with one attached hydrogen (secondary N) is 2. The van der Waals surface area contributed by atoms with E-state index in [2.05, 4.69) is 31.6 Å². The molecule has 0 bridgehead atoms. The van der Waals surface area contributed by atoms with Gasteiger partial charge in [-0.2, -0.15) is 0 Å². The molecule has 1 saturated heterocycles. The highest BCUT2D eigenvalue weighted by atomic mass is 127. The van der Waals surface area contributed by atoms with Gasteiger partial charge in [-0.05, 0) is 43.5 Å². The van der Waals surface area contributed by atoms with E-state index < -0.39 is 0 Å². The highest BCUT2D eigenvalue weighted by Crippen LogP contribution is 2.18. The Morgan fingerprint density at radius 3 is 2.71 bits per heavy atom. The van der Waals surface area contributed by atoms with Gasteiger partial charge in [0, 0.05) is 24.1 Å². The fourth-order valence-corrected chi connectivity index (χ4v) is 2.78. The number of rotatable bonds is 5. The van der Waals surface area contributed by atoms with Gasteiger partial charge >= 0.3 is 0 Å². The minimum absolute atomic E-state index is 0. The molecule has 0 saturated carbocycles. The van der Waals surface area contributed by atoms with Crippen LogP contribution >= 0.6 is 39.9 Å². The minimum atomic E-state index is -0.291. The topological polar surface area (TPSA) is 56.7 Å². The molecule has 134 valence electrons. The standard InChI is InChI=1S/C16H22BrFN4O.HI/c1-2-19-16(21-11-15(23)22-7-3-4-8-22)20-10-12-9-13(18)5-6-14(12)17;/h5-6,9H,2-4,7-8,10-11H2,1H3,(H2,19,20,21);1H. The number of hydrogen-bond acceptors (Lipinski definition) is 2. The van der Waals surface area contributed by atoms with Crippen LogP contribution in [0.25, 0.3) is 0 Å². The molecule has 1 aromatic rings. The van der Waals surface area contributed by atoms with Crippen LogP contribution < -0.4 is 10.6 Å². The number of nitrogens with zero attached hydrogens (tertiary/aromatic N) is 2. The van der Waals surface area contributed by atoms with Crippen molar-refractivity contribution in [1.29, 1.82) is 0 Å². The number of amides is 1. The summed E-state index contributed by atoms with van der Waals surface area (Å²) in [7, 11) is 0. The van der Waals surface area contributed by atoms with E-state index in [1.54, 1.807) is 6.07 Å². The lowest BCUT2D eigenvalue weighted by Gasteiger charge is -2.17. The second-order valence-electron chi connectivity index (χ2n) is 5.37. The summed E-state index contributed by atoms with van der Waals surface area (Å²) in [5, 5.41) is 6.13. The lowest BCUT2D eigenvalue weighted by molar-refractivity contribution is -0.128. The number of aliphatic imine (C=N–C) groups is 1. The summed E-state index contributed by atoms with van der Waals surface area (Å²) in [5.74, 6) is 0.344. The Morgan fingerprint density at radius 1 is 1.33 bits per heavy atom. The number of halogens is 3. The maximum atomic E-state index is 13.3. The molecule has 0 atom stereocenters. The number of likely N-dealkylation sites (tertiary alicyclic amines) is 1. The van der Waals surface area contributed by atoms with Gasteiger partial charge in [0.25, 0.3) is 0 Å². The third-order valence-corrected chi connectivity index (χ3v) is 4.40. The molecule has 1 heterocycles. The first kappa shape index (κ1) is 21.1. The number of carbonyl (C=O) groups is 1. The van der Waals surface area contributed by atoms with E-state index in [4.69, 9.17) is 0 Å². The number of hydrogen-bond donors (Lipinski definition) is 2. The van der Waals surface area contributed by atoms with Crippen molar-refractivity contribution in [2.45, 2.75) is 26.3 Å². The molecule has 1 amide bonds. The van der Waals surface area contributed by atoms with Crippen molar-refractivity contribution >= 4 is 51.8 Å². The highest BCUT2D eigenvalue weighted by molar-refractivity contribution is 14.0. The third kappa shape index (κ3) is 6.54. The van der Waals surface area contributed by atoms with Gasteiger partial charge in [0.15, 0.2) is 5.96 Å². The average Bonchev–Trinajstić information content (AvgIpc) is 3.07. The van der Waals surface area contributed by atoms with E-state index >= 15 is 0 Å². The van der Waals surface area contributed by atoms with E-state index in [9.17, 15) is 9.18 Å². The van der Waals surface area contributed by atoms with Crippen LogP contribution in [0.15, 0.2) is 27.7 Å². The molecule has 2 rings (SSSR count). The molecule has 5 nitrogen and oxygen atoms in total. The second kappa shape index (κ2) is 10.9. The summed E-state index contributed by atoms with van der Waals surface area (Å²) >= 11 is 3.39. The zero-order valence-corrected chi connectivity index (χ0v) is 17.6. The smallest absolute Gasteiger partial charge is 0.241 e. The SMILES string of the molecule is CCNC(=NCc1cc(F)ccc1Br)NCC(=O)N1CCCC1.I. The van der Waals surface area contributed by atoms with E-state index in [0.29, 0.717) is 19.0 Å². The van der Waals surface area contributed by atoms with Crippen molar-refractivity contribution in [2.24, 2.45) is 4.99 Å². The molecule has 0 spiro atoms. The molecule has 1 aliphatic rings. The van der Waals surface area contributed by atoms with Crippen LogP contribution in [0.5, 0.6) is 0 Å². The molecule has 0 radical (unpaired) electrons. The van der Waals surface area contributed by atoms with Gasteiger partial charge in [-0.25, -0.2) is 9.38 Å². The maximum absolute atomic E-state index is 13.3. The molecule has 0 aliphatic carbocycles. The van der Waals surface area contributed by atoms with Gasteiger partial charge in [0.1, 0.15) is 5.82 Å². The molecule has 0 unspecified atom stereocenters. The highest BCUT2D eigenvalue weighted by Gasteiger charge is 2.17. The Balaban J connectivity index is 0.00000288. The summed E-state index contributed by atoms with van der Waals surface area (Å²) < 4.78 is 14.1. The van der Waals surface area contributed by atoms with Crippen LogP contribution in [-0.4, -0.2) is 42.9 Å². The maximum Gasteiger partial charge on any atom is 0.241 e. The lowest BCUT2D eigenvalue weighted by Crippen LogP contribution is -2.44. The van der Waals surface area contributed by atoms with Crippen LogP contribution in [-0.2, 0) is 11.3 Å². The Morgan fingerprint density at radius 2 is 2.04 bits per heavy atom. The molecule has 0 aromatic heterocycles. The molecular formula is C16H23BrFIN4O. The lowest BCUT2D eigenvalue weighted by atomic mass is 10.2. The predicted molar refractivity (Wildman–Crippen MR) is 108 cm³/mol. The van der Waals surface area contributed by atoms with Crippen LogP contribution in [0.2, 0.25) is 0 Å². The van der Waals surface area contributed by atoms with Gasteiger partial charge in [-0.1, -0.05) is 15.9 Å². The van der Waals surface area contributed by atoms with E-state index in [0.717, 1.165) is 36.0 Å². The number of benzene rings is 1. The Kier molecular flexibility index (Phi) is 9.57. The van der Waals surface area contributed by atoms with Crippen molar-refractivity contribution < 1.29 is 9.18 Å². The molecule has 8 heteroatoms. The monoisotopic (exact) mass is 512 g/mol. The summed E-state index contributed by atoms with van der Waals surface area (Å²) in [5.41, 5.74) is 0.757. The Hall–Kier alpha value is -0.900. The van der Waals surface area contributed by atoms with Crippen LogP contribution in [0.3, 0.4) is 0 Å². The van der Waals surface area contributed by atoms with Crippen LogP contribution in [0.1, 0.15) is 25.3 Å². The van der Waals surface area contributed by atoms with E-state index in [1.807, 2.05) is 11.8 Å². The molecule has 2 N–H and O–H groups in total. The van der Waals surface area contributed by atoms with Crippen molar-refractivity contribution in [3.8, 4) is 0 Å². The molecule has 24 heavy (non-hydrogen) atoms. The quantitative estimate of drug-likeness (QED) is 0.362. The van der Waals surface area contributed by atoms with Crippen molar-refractivity contribution in [3.63, 3.8) is 0 Å². The van der Waals surface area contributed by atoms with Crippen molar-refractivity contribution in [1.82, 2.24) is 15.5 Å². The summed E-state index contributed by atoms with van der Waals surface area (Å²) in [6.07, 6.45) is 2.15. The zero-order valence-electron chi connectivity index (χ0n) is 13.6. The predicted octanol–water partition coefficient (Wildman–Crippen LogP) is 2.88. The van der Waals surface area contributed by atoms with Crippen LogP contribution in [0.4, 0.5) is 4.39 Å². The fourth-order valence-electron chi connectivity index (χ4n) is 2.41. The van der Waals surface area contributed by atoms with Crippen molar-refractivity contribution in [3.05, 3.63) is 34.1 Å². The molecular weight excluding hydrogens is 490 g/mol. The molecule has 1 aromatic carbocycles. The first-order valence-electron chi connectivity index (χ1n) is 7.84. The Bertz CT molecular complexity index is 579. The van der Waals surface area contributed by atoms with Gasteiger partial charge in [0.2, 0.25) is 5.91 Å². The summed E-state index contributed by atoms with van der Waals surface area (Å²) in [6, 6.07) is 4.51. The second-order valence-corrected chi connectivity index (χ2v) is 6.23. The number of guanidine groups is 1. The largest absolute Gasteiger partial charge is 0.357 e. The summed E-state index contributed by atoms with van der Waals surface area (Å²) in [4.78, 5) is 18.3.